The highest BCUT2D eigenvalue weighted by Crippen LogP contribution is 2.34. The van der Waals surface area contributed by atoms with Gasteiger partial charge in [-0.2, -0.15) is 13.2 Å². The third kappa shape index (κ3) is 2.14. The van der Waals surface area contributed by atoms with Crippen molar-refractivity contribution in [2.24, 2.45) is 0 Å². The van der Waals surface area contributed by atoms with E-state index in [9.17, 15) is 18.3 Å². The minimum absolute atomic E-state index is 0.0657. The van der Waals surface area contributed by atoms with E-state index < -0.39 is 12.0 Å². The second-order valence-corrected chi connectivity index (χ2v) is 4.60. The second kappa shape index (κ2) is 4.52. The average Bonchev–Trinajstić information content (AvgIpc) is 2.79. The maximum absolute atomic E-state index is 13.0. The van der Waals surface area contributed by atoms with Gasteiger partial charge in [0.05, 0.1) is 11.4 Å². The molecule has 1 aromatic carbocycles. The van der Waals surface area contributed by atoms with Crippen LogP contribution < -0.4 is 5.32 Å². The summed E-state index contributed by atoms with van der Waals surface area (Å²) in [4.78, 5) is 3.78. The number of hydrogen-bond acceptors (Lipinski definition) is 3. The number of hydrogen-bond donors (Lipinski definition) is 2. The van der Waals surface area contributed by atoms with Gasteiger partial charge in [-0.05, 0) is 24.3 Å². The van der Waals surface area contributed by atoms with Gasteiger partial charge in [-0.25, -0.2) is 4.98 Å². The molecule has 3 rings (SSSR count). The quantitative estimate of drug-likeness (QED) is 0.845. The van der Waals surface area contributed by atoms with Gasteiger partial charge < -0.3 is 15.0 Å². The van der Waals surface area contributed by atoms with Gasteiger partial charge >= 0.3 is 6.18 Å². The van der Waals surface area contributed by atoms with Gasteiger partial charge in [0, 0.05) is 25.2 Å². The number of halogens is 3. The molecule has 20 heavy (non-hydrogen) atoms. The molecule has 0 saturated heterocycles. The summed E-state index contributed by atoms with van der Waals surface area (Å²) in [5.41, 5.74) is 1.39. The number of phenolic OH excluding ortho intramolecular Hbond substituents is 1. The molecule has 0 aliphatic carbocycles. The highest BCUT2D eigenvalue weighted by atomic mass is 19.4. The lowest BCUT2D eigenvalue weighted by atomic mass is 10.1. The van der Waals surface area contributed by atoms with Crippen LogP contribution in [-0.4, -0.2) is 21.2 Å². The largest absolute Gasteiger partial charge is 0.508 e. The number of nitrogens with one attached hydrogen (secondary N) is 1. The van der Waals surface area contributed by atoms with Crippen molar-refractivity contribution in [2.45, 2.75) is 19.3 Å². The predicted octanol–water partition coefficient (Wildman–Crippen LogP) is 2.38. The maximum Gasteiger partial charge on any atom is 0.449 e. The molecule has 0 bridgehead atoms. The van der Waals surface area contributed by atoms with E-state index in [2.05, 4.69) is 10.3 Å². The number of phenols is 1. The fourth-order valence-electron chi connectivity index (χ4n) is 2.37. The Morgan fingerprint density at radius 3 is 2.55 bits per heavy atom. The Bertz CT molecular complexity index is 632. The molecule has 0 amide bonds. The molecule has 1 aliphatic rings. The van der Waals surface area contributed by atoms with Crippen LogP contribution in [0.2, 0.25) is 0 Å². The van der Waals surface area contributed by atoms with Gasteiger partial charge in [0.1, 0.15) is 5.75 Å². The fraction of sp³-hybridized carbons (Fsp3) is 0.308. The topological polar surface area (TPSA) is 50.1 Å². The van der Waals surface area contributed by atoms with Crippen molar-refractivity contribution >= 4 is 0 Å². The zero-order valence-electron chi connectivity index (χ0n) is 10.4. The number of alkyl halides is 3. The van der Waals surface area contributed by atoms with E-state index in [4.69, 9.17) is 0 Å². The summed E-state index contributed by atoms with van der Waals surface area (Å²) < 4.78 is 40.3. The SMILES string of the molecule is Oc1ccc(-c2nc(C(F)(F)F)n3c2CNCC3)cc1. The molecule has 2 aromatic rings. The van der Waals surface area contributed by atoms with Gasteiger partial charge in [0.2, 0.25) is 5.82 Å². The van der Waals surface area contributed by atoms with E-state index in [0.29, 0.717) is 30.0 Å². The Morgan fingerprint density at radius 1 is 1.20 bits per heavy atom. The first-order chi connectivity index (χ1) is 9.47. The minimum Gasteiger partial charge on any atom is -0.508 e. The lowest BCUT2D eigenvalue weighted by Crippen LogP contribution is -2.30. The molecule has 0 fully saturated rings. The Morgan fingerprint density at radius 2 is 1.90 bits per heavy atom. The molecule has 2 N–H and O–H groups in total. The van der Waals surface area contributed by atoms with Crippen molar-refractivity contribution in [3.8, 4) is 17.0 Å². The van der Waals surface area contributed by atoms with Gasteiger partial charge in [-0.3, -0.25) is 0 Å². The van der Waals surface area contributed by atoms with Crippen LogP contribution in [0, 0.1) is 0 Å². The molecule has 0 radical (unpaired) electrons. The highest BCUT2D eigenvalue weighted by Gasteiger charge is 2.39. The smallest absolute Gasteiger partial charge is 0.449 e. The van der Waals surface area contributed by atoms with Crippen molar-refractivity contribution in [1.82, 2.24) is 14.9 Å². The predicted molar refractivity (Wildman–Crippen MR) is 66.0 cm³/mol. The highest BCUT2D eigenvalue weighted by molar-refractivity contribution is 5.63. The van der Waals surface area contributed by atoms with Crippen LogP contribution in [0.5, 0.6) is 5.75 Å². The Labute approximate surface area is 112 Å². The standard InChI is InChI=1S/C13H12F3N3O/c14-13(15,16)12-18-11(8-1-3-9(20)4-2-8)10-7-17-5-6-19(10)12/h1-4,17,20H,5-7H2. The monoisotopic (exact) mass is 283 g/mol. The number of aromatic nitrogens is 2. The summed E-state index contributed by atoms with van der Waals surface area (Å²) in [6.07, 6.45) is -4.47. The van der Waals surface area contributed by atoms with Crippen molar-refractivity contribution in [3.05, 3.63) is 35.8 Å². The molecule has 2 heterocycles. The molecule has 106 valence electrons. The summed E-state index contributed by atoms with van der Waals surface area (Å²) >= 11 is 0. The summed E-state index contributed by atoms with van der Waals surface area (Å²) in [5, 5.41) is 12.3. The Balaban J connectivity index is 2.16. The first-order valence-electron chi connectivity index (χ1n) is 6.13. The molecule has 0 saturated carbocycles. The molecule has 1 aromatic heterocycles. The van der Waals surface area contributed by atoms with Crippen molar-refractivity contribution in [2.75, 3.05) is 6.54 Å². The molecular weight excluding hydrogens is 271 g/mol. The second-order valence-electron chi connectivity index (χ2n) is 4.60. The molecule has 1 aliphatic heterocycles. The van der Waals surface area contributed by atoms with Crippen LogP contribution in [0.15, 0.2) is 24.3 Å². The number of nitrogens with zero attached hydrogens (tertiary/aromatic N) is 2. The summed E-state index contributed by atoms with van der Waals surface area (Å²) in [6.45, 7) is 1.08. The van der Waals surface area contributed by atoms with Crippen LogP contribution in [0.4, 0.5) is 13.2 Å². The molecule has 0 spiro atoms. The van der Waals surface area contributed by atoms with E-state index in [1.54, 1.807) is 12.1 Å². The summed E-state index contributed by atoms with van der Waals surface area (Å²) in [6, 6.07) is 6.00. The average molecular weight is 283 g/mol. The third-order valence-electron chi connectivity index (χ3n) is 3.27. The zero-order valence-corrected chi connectivity index (χ0v) is 10.4. The van der Waals surface area contributed by atoms with Crippen LogP contribution in [-0.2, 0) is 19.3 Å². The number of imidazole rings is 1. The van der Waals surface area contributed by atoms with E-state index in [1.165, 1.54) is 16.7 Å². The molecule has 4 nitrogen and oxygen atoms in total. The lowest BCUT2D eigenvalue weighted by Gasteiger charge is -2.19. The molecular formula is C13H12F3N3O. The third-order valence-corrected chi connectivity index (χ3v) is 3.27. The van der Waals surface area contributed by atoms with Crippen LogP contribution in [0.1, 0.15) is 11.5 Å². The lowest BCUT2D eigenvalue weighted by molar-refractivity contribution is -0.147. The minimum atomic E-state index is -4.47. The van der Waals surface area contributed by atoms with E-state index in [1.807, 2.05) is 0 Å². The van der Waals surface area contributed by atoms with Gasteiger partial charge in [-0.1, -0.05) is 0 Å². The number of fused-ring (bicyclic) bond motifs is 1. The van der Waals surface area contributed by atoms with E-state index in [0.717, 1.165) is 0 Å². The normalized spacial score (nSPS) is 15.2. The first kappa shape index (κ1) is 13.0. The first-order valence-corrected chi connectivity index (χ1v) is 6.13. The van der Waals surface area contributed by atoms with Crippen LogP contribution in [0.3, 0.4) is 0 Å². The number of aromatic hydroxyl groups is 1. The molecule has 7 heteroatoms. The van der Waals surface area contributed by atoms with Crippen LogP contribution in [0.25, 0.3) is 11.3 Å². The number of rotatable bonds is 1. The Hall–Kier alpha value is -2.02. The van der Waals surface area contributed by atoms with Crippen molar-refractivity contribution in [1.29, 1.82) is 0 Å². The number of benzene rings is 1. The molecule has 0 atom stereocenters. The fourth-order valence-corrected chi connectivity index (χ4v) is 2.37. The molecule has 0 unspecified atom stereocenters. The van der Waals surface area contributed by atoms with E-state index >= 15 is 0 Å². The summed E-state index contributed by atoms with van der Waals surface area (Å²) in [7, 11) is 0. The van der Waals surface area contributed by atoms with Crippen molar-refractivity contribution in [3.63, 3.8) is 0 Å². The van der Waals surface area contributed by atoms with Gasteiger partial charge in [0.15, 0.2) is 0 Å². The maximum atomic E-state index is 13.0. The van der Waals surface area contributed by atoms with Gasteiger partial charge in [-0.15, -0.1) is 0 Å². The van der Waals surface area contributed by atoms with Crippen LogP contribution >= 0.6 is 0 Å². The van der Waals surface area contributed by atoms with Gasteiger partial charge in [0.25, 0.3) is 0 Å². The van der Waals surface area contributed by atoms with E-state index in [-0.39, 0.29) is 12.3 Å². The zero-order chi connectivity index (χ0) is 14.3. The van der Waals surface area contributed by atoms with Crippen molar-refractivity contribution < 1.29 is 18.3 Å². The Kier molecular flexibility index (Phi) is 2.93. The summed E-state index contributed by atoms with van der Waals surface area (Å²) in [5.74, 6) is -0.798.